The van der Waals surface area contributed by atoms with Gasteiger partial charge in [-0.2, -0.15) is 0 Å². The van der Waals surface area contributed by atoms with Gasteiger partial charge in [-0.25, -0.2) is 9.78 Å². The Morgan fingerprint density at radius 2 is 1.84 bits per heavy atom. The lowest BCUT2D eigenvalue weighted by molar-refractivity contribution is -0.131. The highest BCUT2D eigenvalue weighted by atomic mass is 79.9. The van der Waals surface area contributed by atoms with E-state index in [1.165, 1.54) is 0 Å². The zero-order valence-corrected chi connectivity index (χ0v) is 15.8. The van der Waals surface area contributed by atoms with Gasteiger partial charge in [-0.15, -0.1) is 5.10 Å². The largest absolute Gasteiger partial charge is 0.477 e. The fraction of sp³-hybridized carbons (Fsp3) is 0. The SMILES string of the molecule is O=C(O)/C(=C/c1ccc(Br)cc1)Sc1n[nH]c(-c2ccc(Cl)cc2)n1. The molecule has 0 radical (unpaired) electrons. The van der Waals surface area contributed by atoms with Crippen LogP contribution in [0.5, 0.6) is 0 Å². The van der Waals surface area contributed by atoms with E-state index in [4.69, 9.17) is 11.6 Å². The third-order valence-electron chi connectivity index (χ3n) is 3.16. The zero-order valence-electron chi connectivity index (χ0n) is 12.6. The molecule has 0 saturated heterocycles. The van der Waals surface area contributed by atoms with Crippen LogP contribution in [0.1, 0.15) is 5.56 Å². The van der Waals surface area contributed by atoms with Gasteiger partial charge < -0.3 is 5.11 Å². The number of aromatic nitrogens is 3. The first kappa shape index (κ1) is 17.7. The van der Waals surface area contributed by atoms with Crippen LogP contribution in [0.25, 0.3) is 17.5 Å². The van der Waals surface area contributed by atoms with Crippen molar-refractivity contribution in [2.45, 2.75) is 5.16 Å². The van der Waals surface area contributed by atoms with E-state index in [1.54, 1.807) is 18.2 Å². The average molecular weight is 437 g/mol. The van der Waals surface area contributed by atoms with Crippen molar-refractivity contribution in [3.63, 3.8) is 0 Å². The van der Waals surface area contributed by atoms with Crippen LogP contribution < -0.4 is 0 Å². The van der Waals surface area contributed by atoms with Gasteiger partial charge in [0.25, 0.3) is 0 Å². The van der Waals surface area contributed by atoms with E-state index in [9.17, 15) is 9.90 Å². The number of nitrogens with one attached hydrogen (secondary N) is 1. The van der Waals surface area contributed by atoms with Crippen LogP contribution in [-0.4, -0.2) is 26.3 Å². The molecule has 0 atom stereocenters. The predicted molar refractivity (Wildman–Crippen MR) is 102 cm³/mol. The molecule has 8 heteroatoms. The van der Waals surface area contributed by atoms with E-state index >= 15 is 0 Å². The Morgan fingerprint density at radius 1 is 1.16 bits per heavy atom. The van der Waals surface area contributed by atoms with Crippen LogP contribution in [0.3, 0.4) is 0 Å². The highest BCUT2D eigenvalue weighted by Gasteiger charge is 2.14. The van der Waals surface area contributed by atoms with Gasteiger partial charge in [0, 0.05) is 15.1 Å². The van der Waals surface area contributed by atoms with Gasteiger partial charge in [-0.1, -0.05) is 39.7 Å². The van der Waals surface area contributed by atoms with Crippen LogP contribution in [0, 0.1) is 0 Å². The van der Waals surface area contributed by atoms with Gasteiger partial charge in [0.05, 0.1) is 0 Å². The standard InChI is InChI=1S/C17H11BrClN3O2S/c18-12-5-1-10(2-6-12)9-14(16(23)24)25-17-20-15(21-22-17)11-3-7-13(19)8-4-11/h1-9H,(H,23,24)(H,20,21,22)/b14-9-. The first-order valence-corrected chi connectivity index (χ1v) is 9.07. The summed E-state index contributed by atoms with van der Waals surface area (Å²) in [7, 11) is 0. The van der Waals surface area contributed by atoms with Crippen molar-refractivity contribution >= 4 is 51.3 Å². The number of aliphatic carboxylic acids is 1. The van der Waals surface area contributed by atoms with Gasteiger partial charge >= 0.3 is 5.97 Å². The molecule has 0 spiro atoms. The lowest BCUT2D eigenvalue weighted by atomic mass is 10.2. The number of carboxylic acid groups (broad SMARTS) is 1. The normalized spacial score (nSPS) is 11.5. The number of rotatable bonds is 5. The molecule has 5 nitrogen and oxygen atoms in total. The van der Waals surface area contributed by atoms with Crippen molar-refractivity contribution in [1.82, 2.24) is 15.2 Å². The summed E-state index contributed by atoms with van der Waals surface area (Å²) in [5, 5.41) is 17.3. The maximum Gasteiger partial charge on any atom is 0.342 e. The molecule has 0 bridgehead atoms. The molecular formula is C17H11BrClN3O2S. The minimum absolute atomic E-state index is 0.129. The molecule has 0 aliphatic rings. The Balaban J connectivity index is 1.82. The Bertz CT molecular complexity index is 924. The predicted octanol–water partition coefficient (Wildman–Crippen LogP) is 5.11. The van der Waals surface area contributed by atoms with Crippen molar-refractivity contribution in [3.05, 3.63) is 68.5 Å². The Morgan fingerprint density at radius 3 is 2.48 bits per heavy atom. The number of hydrogen-bond acceptors (Lipinski definition) is 4. The molecule has 2 aromatic carbocycles. The second-order valence-electron chi connectivity index (χ2n) is 4.94. The molecule has 0 aliphatic heterocycles. The summed E-state index contributed by atoms with van der Waals surface area (Å²) >= 11 is 10.2. The number of carbonyl (C=O) groups is 1. The number of hydrogen-bond donors (Lipinski definition) is 2. The van der Waals surface area contributed by atoms with Crippen molar-refractivity contribution in [1.29, 1.82) is 0 Å². The minimum Gasteiger partial charge on any atom is -0.477 e. The number of benzene rings is 2. The first-order chi connectivity index (χ1) is 12.0. The molecule has 25 heavy (non-hydrogen) atoms. The molecule has 0 saturated carbocycles. The highest BCUT2D eigenvalue weighted by molar-refractivity contribution is 9.10. The quantitative estimate of drug-likeness (QED) is 0.429. The van der Waals surface area contributed by atoms with Crippen molar-refractivity contribution < 1.29 is 9.90 Å². The minimum atomic E-state index is -1.04. The maximum absolute atomic E-state index is 11.5. The van der Waals surface area contributed by atoms with Gasteiger partial charge in [-0.3, -0.25) is 5.10 Å². The molecule has 3 aromatic rings. The lowest BCUT2D eigenvalue weighted by Crippen LogP contribution is -1.97. The maximum atomic E-state index is 11.5. The van der Waals surface area contributed by atoms with Gasteiger partial charge in [-0.05, 0) is 59.8 Å². The zero-order chi connectivity index (χ0) is 17.8. The van der Waals surface area contributed by atoms with Crippen LogP contribution in [-0.2, 0) is 4.79 Å². The van der Waals surface area contributed by atoms with E-state index in [2.05, 4.69) is 31.1 Å². The molecule has 1 aromatic heterocycles. The summed E-state index contributed by atoms with van der Waals surface area (Å²) < 4.78 is 0.927. The second kappa shape index (κ2) is 7.86. The number of carboxylic acids is 1. The van der Waals surface area contributed by atoms with Crippen molar-refractivity contribution in [2.75, 3.05) is 0 Å². The first-order valence-electron chi connectivity index (χ1n) is 7.08. The van der Waals surface area contributed by atoms with E-state index in [-0.39, 0.29) is 4.91 Å². The summed E-state index contributed by atoms with van der Waals surface area (Å²) in [4.78, 5) is 16.0. The summed E-state index contributed by atoms with van der Waals surface area (Å²) in [6.07, 6.45) is 1.58. The van der Waals surface area contributed by atoms with E-state index in [1.807, 2.05) is 36.4 Å². The van der Waals surface area contributed by atoms with E-state index < -0.39 is 5.97 Å². The molecule has 0 unspecified atom stereocenters. The smallest absolute Gasteiger partial charge is 0.342 e. The number of H-pyrrole nitrogens is 1. The fourth-order valence-electron chi connectivity index (χ4n) is 1.97. The summed E-state index contributed by atoms with van der Waals surface area (Å²) in [6.45, 7) is 0. The second-order valence-corrected chi connectivity index (χ2v) is 7.30. The monoisotopic (exact) mass is 435 g/mol. The molecule has 126 valence electrons. The average Bonchev–Trinajstić information content (AvgIpc) is 3.05. The van der Waals surface area contributed by atoms with Gasteiger partial charge in [0.15, 0.2) is 5.82 Å². The van der Waals surface area contributed by atoms with Crippen LogP contribution in [0.15, 0.2) is 63.1 Å². The number of thioether (sulfide) groups is 1. The van der Waals surface area contributed by atoms with E-state index in [0.717, 1.165) is 27.4 Å². The third kappa shape index (κ3) is 4.72. The number of aromatic amines is 1. The topological polar surface area (TPSA) is 78.9 Å². The summed E-state index contributed by atoms with van der Waals surface area (Å²) in [5.41, 5.74) is 1.60. The van der Waals surface area contributed by atoms with Gasteiger partial charge in [0.2, 0.25) is 5.16 Å². The molecule has 2 N–H and O–H groups in total. The van der Waals surface area contributed by atoms with Crippen molar-refractivity contribution in [3.8, 4) is 11.4 Å². The van der Waals surface area contributed by atoms with Crippen LogP contribution in [0.2, 0.25) is 5.02 Å². The van der Waals surface area contributed by atoms with Crippen LogP contribution in [0.4, 0.5) is 0 Å². The van der Waals surface area contributed by atoms with Crippen LogP contribution >= 0.6 is 39.3 Å². The Hall–Kier alpha value is -2.09. The van der Waals surface area contributed by atoms with E-state index in [0.29, 0.717) is 16.0 Å². The molecule has 0 fully saturated rings. The highest BCUT2D eigenvalue weighted by Crippen LogP contribution is 2.28. The van der Waals surface area contributed by atoms with Gasteiger partial charge in [0.1, 0.15) is 4.91 Å². The summed E-state index contributed by atoms with van der Waals surface area (Å²) in [5.74, 6) is -0.488. The molecule has 0 amide bonds. The Labute approximate surface area is 161 Å². The van der Waals surface area contributed by atoms with Crippen molar-refractivity contribution in [2.24, 2.45) is 0 Å². The number of halogens is 2. The Kier molecular flexibility index (Phi) is 5.57. The molecule has 3 rings (SSSR count). The summed E-state index contributed by atoms with van der Waals surface area (Å²) in [6, 6.07) is 14.5. The fourth-order valence-corrected chi connectivity index (χ4v) is 3.07. The molecule has 0 aliphatic carbocycles. The number of nitrogens with zero attached hydrogens (tertiary/aromatic N) is 2. The third-order valence-corrected chi connectivity index (χ3v) is 4.82. The molecule has 1 heterocycles. The lowest BCUT2D eigenvalue weighted by Gasteiger charge is -2.00. The molecular weight excluding hydrogens is 426 g/mol.